The zero-order chi connectivity index (χ0) is 28.8. The maximum Gasteiger partial charge on any atom is 0.408 e. The number of alkyl carbamates (subject to hydrolysis) is 1. The highest BCUT2D eigenvalue weighted by atomic mass is 16.6. The first kappa shape index (κ1) is 30.7. The Balaban J connectivity index is 2.56. The highest BCUT2D eigenvalue weighted by Crippen LogP contribution is 2.30. The first-order valence-corrected chi connectivity index (χ1v) is 13.1. The quantitative estimate of drug-likeness (QED) is 0.380. The molecule has 0 aliphatic carbocycles. The molecular weight excluding hydrogens is 482 g/mol. The van der Waals surface area contributed by atoms with Gasteiger partial charge in [0.25, 0.3) is 5.91 Å². The number of phenolic OH excluding ortho intramolecular Hbond substituents is 1. The monoisotopic (exact) mass is 525 g/mol. The molecular formula is C30H43N3O5. The molecule has 3 N–H and O–H groups in total. The van der Waals surface area contributed by atoms with E-state index in [1.165, 1.54) is 17.0 Å². The van der Waals surface area contributed by atoms with Gasteiger partial charge in [-0.25, -0.2) is 4.79 Å². The molecule has 208 valence electrons. The lowest BCUT2D eigenvalue weighted by molar-refractivity contribution is -0.143. The van der Waals surface area contributed by atoms with Gasteiger partial charge in [0.1, 0.15) is 23.4 Å². The van der Waals surface area contributed by atoms with Crippen molar-refractivity contribution >= 4 is 23.6 Å². The van der Waals surface area contributed by atoms with Gasteiger partial charge in [0.15, 0.2) is 0 Å². The molecule has 0 aromatic heterocycles. The largest absolute Gasteiger partial charge is 0.508 e. The van der Waals surface area contributed by atoms with Crippen LogP contribution in [0.25, 0.3) is 0 Å². The van der Waals surface area contributed by atoms with Crippen molar-refractivity contribution in [1.29, 1.82) is 0 Å². The van der Waals surface area contributed by atoms with Crippen LogP contribution in [0, 0.1) is 19.8 Å². The molecule has 2 rings (SSSR count). The van der Waals surface area contributed by atoms with Gasteiger partial charge in [-0.3, -0.25) is 9.59 Å². The number of benzene rings is 2. The molecule has 0 spiro atoms. The third-order valence-electron chi connectivity index (χ3n) is 5.95. The predicted molar refractivity (Wildman–Crippen MR) is 150 cm³/mol. The van der Waals surface area contributed by atoms with E-state index >= 15 is 0 Å². The van der Waals surface area contributed by atoms with Crippen LogP contribution in [0.15, 0.2) is 42.5 Å². The number of para-hydroxylation sites is 1. The van der Waals surface area contributed by atoms with Crippen LogP contribution in [0.3, 0.4) is 0 Å². The fourth-order valence-corrected chi connectivity index (χ4v) is 4.34. The molecule has 0 heterocycles. The number of aryl methyl sites for hydroxylation is 2. The summed E-state index contributed by atoms with van der Waals surface area (Å²) in [5.41, 5.74) is 2.17. The zero-order valence-electron chi connectivity index (χ0n) is 24.1. The third-order valence-corrected chi connectivity index (χ3v) is 5.95. The summed E-state index contributed by atoms with van der Waals surface area (Å²) in [7, 11) is 0. The van der Waals surface area contributed by atoms with Crippen molar-refractivity contribution in [2.24, 2.45) is 5.92 Å². The Hall–Kier alpha value is -3.55. The molecule has 2 atom stereocenters. The molecule has 0 saturated heterocycles. The highest BCUT2D eigenvalue weighted by molar-refractivity contribution is 6.00. The standard InChI is InChI=1S/C30H43N3O5/c1-18(2)16-24(31-29(37)38-30(7,8)9)28(36)33(19(3)4)26(22-14-11-15-23(34)17-22)27(35)32-25-20(5)12-10-13-21(25)6/h10-15,17-19,24,26,34H,16H2,1-9H3,(H,31,37)(H,32,35). The number of carbonyl (C=O) groups is 3. The van der Waals surface area contributed by atoms with Crippen LogP contribution in [-0.2, 0) is 14.3 Å². The van der Waals surface area contributed by atoms with Crippen molar-refractivity contribution < 1.29 is 24.2 Å². The molecule has 8 nitrogen and oxygen atoms in total. The van der Waals surface area contributed by atoms with E-state index < -0.39 is 41.6 Å². The molecule has 2 aromatic rings. The van der Waals surface area contributed by atoms with Crippen LogP contribution in [0.4, 0.5) is 10.5 Å². The van der Waals surface area contributed by atoms with Gasteiger partial charge in [0.05, 0.1) is 0 Å². The number of hydrogen-bond donors (Lipinski definition) is 3. The van der Waals surface area contributed by atoms with Gasteiger partial charge in [-0.2, -0.15) is 0 Å². The van der Waals surface area contributed by atoms with Crippen LogP contribution >= 0.6 is 0 Å². The maximum absolute atomic E-state index is 14.1. The lowest BCUT2D eigenvalue weighted by Gasteiger charge is -2.37. The number of amides is 3. The second-order valence-corrected chi connectivity index (χ2v) is 11.4. The SMILES string of the molecule is Cc1cccc(C)c1NC(=O)C(c1cccc(O)c1)N(C(=O)C(CC(C)C)NC(=O)OC(C)(C)C)C(C)C. The lowest BCUT2D eigenvalue weighted by Crippen LogP contribution is -2.54. The second kappa shape index (κ2) is 12.8. The molecule has 2 aromatic carbocycles. The van der Waals surface area contributed by atoms with Crippen molar-refractivity contribution in [1.82, 2.24) is 10.2 Å². The number of carbonyl (C=O) groups excluding carboxylic acids is 3. The van der Waals surface area contributed by atoms with E-state index in [0.29, 0.717) is 17.7 Å². The Morgan fingerprint density at radius 1 is 0.974 bits per heavy atom. The van der Waals surface area contributed by atoms with Gasteiger partial charge in [-0.05, 0) is 89.6 Å². The summed E-state index contributed by atoms with van der Waals surface area (Å²) < 4.78 is 5.42. The van der Waals surface area contributed by atoms with E-state index in [2.05, 4.69) is 10.6 Å². The molecule has 0 aliphatic rings. The number of phenols is 1. The van der Waals surface area contributed by atoms with Gasteiger partial charge in [-0.15, -0.1) is 0 Å². The van der Waals surface area contributed by atoms with Gasteiger partial charge < -0.3 is 25.4 Å². The summed E-state index contributed by atoms with van der Waals surface area (Å²) in [6.45, 7) is 16.6. The van der Waals surface area contributed by atoms with Gasteiger partial charge in [0, 0.05) is 11.7 Å². The van der Waals surface area contributed by atoms with Crippen molar-refractivity contribution in [3.8, 4) is 5.75 Å². The summed E-state index contributed by atoms with van der Waals surface area (Å²) in [5.74, 6) is -0.773. The number of ether oxygens (including phenoxy) is 1. The minimum absolute atomic E-state index is 0.0193. The van der Waals surface area contributed by atoms with Gasteiger partial charge in [-0.1, -0.05) is 44.2 Å². The Bertz CT molecular complexity index is 1120. The van der Waals surface area contributed by atoms with Crippen LogP contribution in [0.5, 0.6) is 5.75 Å². The minimum Gasteiger partial charge on any atom is -0.508 e. The fraction of sp³-hybridized carbons (Fsp3) is 0.500. The first-order chi connectivity index (χ1) is 17.6. The lowest BCUT2D eigenvalue weighted by atomic mass is 9.97. The smallest absolute Gasteiger partial charge is 0.408 e. The normalized spacial score (nSPS) is 13.1. The second-order valence-electron chi connectivity index (χ2n) is 11.4. The topological polar surface area (TPSA) is 108 Å². The Labute approximate surface area is 226 Å². The van der Waals surface area contributed by atoms with Gasteiger partial charge in [0.2, 0.25) is 5.91 Å². The van der Waals surface area contributed by atoms with Crippen LogP contribution in [0.2, 0.25) is 0 Å². The average molecular weight is 526 g/mol. The molecule has 8 heteroatoms. The van der Waals surface area contributed by atoms with Crippen LogP contribution < -0.4 is 10.6 Å². The summed E-state index contributed by atoms with van der Waals surface area (Å²) in [6.07, 6.45) is -0.346. The summed E-state index contributed by atoms with van der Waals surface area (Å²) in [5, 5.41) is 16.0. The zero-order valence-corrected chi connectivity index (χ0v) is 24.1. The first-order valence-electron chi connectivity index (χ1n) is 13.1. The van der Waals surface area contributed by atoms with E-state index in [1.807, 2.05) is 59.7 Å². The molecule has 0 radical (unpaired) electrons. The summed E-state index contributed by atoms with van der Waals surface area (Å²) in [6, 6.07) is 9.66. The van der Waals surface area contributed by atoms with Crippen LogP contribution in [0.1, 0.15) is 77.6 Å². The van der Waals surface area contributed by atoms with E-state index in [-0.39, 0.29) is 11.7 Å². The average Bonchev–Trinajstić information content (AvgIpc) is 2.77. The van der Waals surface area contributed by atoms with Crippen molar-refractivity contribution in [3.05, 3.63) is 59.2 Å². The summed E-state index contributed by atoms with van der Waals surface area (Å²) >= 11 is 0. The molecule has 0 bridgehead atoms. The van der Waals surface area contributed by atoms with E-state index in [4.69, 9.17) is 4.74 Å². The Morgan fingerprint density at radius 3 is 2.05 bits per heavy atom. The third kappa shape index (κ3) is 8.50. The molecule has 0 aliphatic heterocycles. The molecule has 0 fully saturated rings. The molecule has 3 amide bonds. The summed E-state index contributed by atoms with van der Waals surface area (Å²) in [4.78, 5) is 42.2. The van der Waals surface area contributed by atoms with E-state index in [9.17, 15) is 19.5 Å². The number of nitrogens with one attached hydrogen (secondary N) is 2. The maximum atomic E-state index is 14.1. The number of anilines is 1. The van der Waals surface area contributed by atoms with Crippen molar-refractivity contribution in [3.63, 3.8) is 0 Å². The van der Waals surface area contributed by atoms with Crippen molar-refractivity contribution in [2.45, 2.75) is 92.5 Å². The number of hydrogen-bond acceptors (Lipinski definition) is 5. The number of nitrogens with zero attached hydrogens (tertiary/aromatic N) is 1. The van der Waals surface area contributed by atoms with Crippen molar-refractivity contribution in [2.75, 3.05) is 5.32 Å². The van der Waals surface area contributed by atoms with E-state index in [1.54, 1.807) is 32.9 Å². The Morgan fingerprint density at radius 2 is 1.55 bits per heavy atom. The van der Waals surface area contributed by atoms with E-state index in [0.717, 1.165) is 11.1 Å². The highest BCUT2D eigenvalue weighted by Gasteiger charge is 2.38. The fourth-order valence-electron chi connectivity index (χ4n) is 4.34. The predicted octanol–water partition coefficient (Wildman–Crippen LogP) is 5.87. The Kier molecular flexibility index (Phi) is 10.3. The molecule has 38 heavy (non-hydrogen) atoms. The molecule has 2 unspecified atom stereocenters. The van der Waals surface area contributed by atoms with Gasteiger partial charge >= 0.3 is 6.09 Å². The van der Waals surface area contributed by atoms with Crippen LogP contribution in [-0.4, -0.2) is 45.6 Å². The number of aromatic hydroxyl groups is 1. The number of rotatable bonds is 9. The minimum atomic E-state index is -1.07. The molecule has 0 saturated carbocycles.